The zero-order chi connectivity index (χ0) is 14.7. The van der Waals surface area contributed by atoms with E-state index >= 15 is 0 Å². The van der Waals surface area contributed by atoms with Crippen molar-refractivity contribution in [1.29, 1.82) is 0 Å². The van der Waals surface area contributed by atoms with E-state index in [-0.39, 0.29) is 5.91 Å². The standard InChI is InChI=1S/C14H15Cl2NO3/c15-11-6-5-8(7-12(11)16)17-13(18)9-3-1-2-4-10(9)14(19)20/h5-7,9-10H,1-4H2,(H,17,18)(H,19,20)/t9-,10-/m1/s1. The summed E-state index contributed by atoms with van der Waals surface area (Å²) >= 11 is 11.7. The lowest BCUT2D eigenvalue weighted by molar-refractivity contribution is -0.147. The third kappa shape index (κ3) is 3.44. The molecular weight excluding hydrogens is 301 g/mol. The maximum Gasteiger partial charge on any atom is 0.307 e. The highest BCUT2D eigenvalue weighted by Crippen LogP contribution is 2.32. The van der Waals surface area contributed by atoms with Gasteiger partial charge >= 0.3 is 5.97 Å². The van der Waals surface area contributed by atoms with Gasteiger partial charge in [0.25, 0.3) is 0 Å². The summed E-state index contributed by atoms with van der Waals surface area (Å²) in [5.74, 6) is -2.27. The normalized spacial score (nSPS) is 22.3. The number of carboxylic acids is 1. The van der Waals surface area contributed by atoms with E-state index in [0.29, 0.717) is 28.6 Å². The van der Waals surface area contributed by atoms with E-state index in [9.17, 15) is 14.7 Å². The summed E-state index contributed by atoms with van der Waals surface area (Å²) in [6.45, 7) is 0. The van der Waals surface area contributed by atoms with Crippen molar-refractivity contribution in [3.05, 3.63) is 28.2 Å². The van der Waals surface area contributed by atoms with Crippen molar-refractivity contribution in [2.45, 2.75) is 25.7 Å². The van der Waals surface area contributed by atoms with Crippen molar-refractivity contribution in [3.8, 4) is 0 Å². The number of hydrogen-bond acceptors (Lipinski definition) is 2. The Labute approximate surface area is 127 Å². The van der Waals surface area contributed by atoms with Crippen molar-refractivity contribution in [1.82, 2.24) is 0 Å². The molecule has 1 aromatic carbocycles. The molecule has 0 spiro atoms. The van der Waals surface area contributed by atoms with Crippen molar-refractivity contribution < 1.29 is 14.7 Å². The Bertz CT molecular complexity index is 533. The van der Waals surface area contributed by atoms with Crippen molar-refractivity contribution in [3.63, 3.8) is 0 Å². The van der Waals surface area contributed by atoms with E-state index in [0.717, 1.165) is 12.8 Å². The molecule has 1 aliphatic rings. The van der Waals surface area contributed by atoms with E-state index in [1.54, 1.807) is 18.2 Å². The number of amides is 1. The molecule has 20 heavy (non-hydrogen) atoms. The minimum atomic E-state index is -0.904. The van der Waals surface area contributed by atoms with Crippen LogP contribution in [0.5, 0.6) is 0 Å². The molecule has 1 aromatic rings. The van der Waals surface area contributed by atoms with Gasteiger partial charge in [-0.3, -0.25) is 9.59 Å². The molecule has 1 fully saturated rings. The minimum Gasteiger partial charge on any atom is -0.481 e. The van der Waals surface area contributed by atoms with Crippen LogP contribution in [-0.2, 0) is 9.59 Å². The van der Waals surface area contributed by atoms with Gasteiger partial charge in [-0.05, 0) is 31.0 Å². The first-order valence-corrected chi connectivity index (χ1v) is 7.23. The predicted molar refractivity (Wildman–Crippen MR) is 78.2 cm³/mol. The first-order valence-electron chi connectivity index (χ1n) is 6.48. The van der Waals surface area contributed by atoms with Crippen LogP contribution in [0, 0.1) is 11.8 Å². The molecule has 6 heteroatoms. The minimum absolute atomic E-state index is 0.268. The molecule has 1 amide bonds. The number of rotatable bonds is 3. The fraction of sp³-hybridized carbons (Fsp3) is 0.429. The van der Waals surface area contributed by atoms with Crippen LogP contribution in [0.25, 0.3) is 0 Å². The van der Waals surface area contributed by atoms with Crippen LogP contribution >= 0.6 is 23.2 Å². The van der Waals surface area contributed by atoms with Crippen LogP contribution in [0.3, 0.4) is 0 Å². The number of benzene rings is 1. The fourth-order valence-electron chi connectivity index (χ4n) is 2.55. The van der Waals surface area contributed by atoms with E-state index in [2.05, 4.69) is 5.32 Å². The second kappa shape index (κ2) is 6.46. The smallest absolute Gasteiger partial charge is 0.307 e. The molecule has 4 nitrogen and oxygen atoms in total. The lowest BCUT2D eigenvalue weighted by Crippen LogP contribution is -2.36. The summed E-state index contributed by atoms with van der Waals surface area (Å²) < 4.78 is 0. The monoisotopic (exact) mass is 315 g/mol. The molecule has 2 rings (SSSR count). The Morgan fingerprint density at radius 1 is 1.10 bits per heavy atom. The van der Waals surface area contributed by atoms with Crippen molar-refractivity contribution in [2.24, 2.45) is 11.8 Å². The largest absolute Gasteiger partial charge is 0.481 e. The van der Waals surface area contributed by atoms with Gasteiger partial charge in [-0.2, -0.15) is 0 Å². The second-order valence-corrected chi connectivity index (χ2v) is 5.77. The van der Waals surface area contributed by atoms with Crippen LogP contribution in [0.1, 0.15) is 25.7 Å². The molecule has 0 radical (unpaired) electrons. The number of carboxylic acid groups (broad SMARTS) is 1. The number of nitrogens with one attached hydrogen (secondary N) is 1. The van der Waals surface area contributed by atoms with E-state index in [4.69, 9.17) is 23.2 Å². The molecule has 1 saturated carbocycles. The molecule has 0 bridgehead atoms. The van der Waals surface area contributed by atoms with Gasteiger partial charge in [0.15, 0.2) is 0 Å². The van der Waals surface area contributed by atoms with Gasteiger partial charge < -0.3 is 10.4 Å². The van der Waals surface area contributed by atoms with Gasteiger partial charge in [0.05, 0.1) is 21.9 Å². The quantitative estimate of drug-likeness (QED) is 0.891. The number of halogens is 2. The van der Waals surface area contributed by atoms with Gasteiger partial charge in [0.1, 0.15) is 0 Å². The molecule has 2 N–H and O–H groups in total. The van der Waals surface area contributed by atoms with Gasteiger partial charge in [-0.1, -0.05) is 36.0 Å². The molecule has 0 heterocycles. The van der Waals surface area contributed by atoms with Crippen LogP contribution in [0.4, 0.5) is 5.69 Å². The van der Waals surface area contributed by atoms with Gasteiger partial charge in [-0.15, -0.1) is 0 Å². The summed E-state index contributed by atoms with van der Waals surface area (Å²) in [5.41, 5.74) is 0.527. The molecule has 2 atom stereocenters. The predicted octanol–water partition coefficient (Wildman–Crippen LogP) is 3.82. The Kier molecular flexibility index (Phi) is 4.89. The SMILES string of the molecule is O=C(O)[C@@H]1CCCC[C@H]1C(=O)Nc1ccc(Cl)c(Cl)c1. The number of hydrogen-bond donors (Lipinski definition) is 2. The third-order valence-corrected chi connectivity index (χ3v) is 4.35. The molecule has 1 aliphatic carbocycles. The Balaban J connectivity index is 2.09. The summed E-state index contributed by atoms with van der Waals surface area (Å²) in [6, 6.07) is 4.79. The van der Waals surface area contributed by atoms with Gasteiger partial charge in [0.2, 0.25) is 5.91 Å². The molecule has 0 unspecified atom stereocenters. The van der Waals surface area contributed by atoms with Crippen LogP contribution in [0.15, 0.2) is 18.2 Å². The van der Waals surface area contributed by atoms with E-state index in [1.165, 1.54) is 0 Å². The summed E-state index contributed by atoms with van der Waals surface area (Å²) in [4.78, 5) is 23.4. The number of anilines is 1. The van der Waals surface area contributed by atoms with E-state index < -0.39 is 17.8 Å². The Hall–Kier alpha value is -1.26. The summed E-state index contributed by atoms with van der Waals surface area (Å²) in [7, 11) is 0. The number of carbonyl (C=O) groups is 2. The molecule has 0 aromatic heterocycles. The van der Waals surface area contributed by atoms with Crippen LogP contribution < -0.4 is 5.32 Å². The first-order chi connectivity index (χ1) is 9.49. The van der Waals surface area contributed by atoms with Crippen molar-refractivity contribution >= 4 is 40.8 Å². The average Bonchev–Trinajstić information content (AvgIpc) is 2.43. The second-order valence-electron chi connectivity index (χ2n) is 4.95. The highest BCUT2D eigenvalue weighted by atomic mass is 35.5. The van der Waals surface area contributed by atoms with Crippen LogP contribution in [-0.4, -0.2) is 17.0 Å². The van der Waals surface area contributed by atoms with Gasteiger partial charge in [0, 0.05) is 5.69 Å². The molecule has 0 saturated heterocycles. The van der Waals surface area contributed by atoms with E-state index in [1.807, 2.05) is 0 Å². The summed E-state index contributed by atoms with van der Waals surface area (Å²) in [5, 5.41) is 12.7. The zero-order valence-electron chi connectivity index (χ0n) is 10.7. The molecular formula is C14H15Cl2NO3. The van der Waals surface area contributed by atoms with Crippen molar-refractivity contribution in [2.75, 3.05) is 5.32 Å². The fourth-order valence-corrected chi connectivity index (χ4v) is 2.85. The highest BCUT2D eigenvalue weighted by Gasteiger charge is 2.35. The average molecular weight is 316 g/mol. The maximum atomic E-state index is 12.2. The Morgan fingerprint density at radius 2 is 1.75 bits per heavy atom. The summed E-state index contributed by atoms with van der Waals surface area (Å²) in [6.07, 6.45) is 2.88. The lowest BCUT2D eigenvalue weighted by atomic mass is 9.78. The Morgan fingerprint density at radius 3 is 2.35 bits per heavy atom. The number of carbonyl (C=O) groups excluding carboxylic acids is 1. The first kappa shape index (κ1) is 15.1. The topological polar surface area (TPSA) is 66.4 Å². The van der Waals surface area contributed by atoms with Gasteiger partial charge in [-0.25, -0.2) is 0 Å². The number of aliphatic carboxylic acids is 1. The lowest BCUT2D eigenvalue weighted by Gasteiger charge is -2.27. The zero-order valence-corrected chi connectivity index (χ0v) is 12.2. The maximum absolute atomic E-state index is 12.2. The molecule has 0 aliphatic heterocycles. The van der Waals surface area contributed by atoms with Crippen LogP contribution in [0.2, 0.25) is 10.0 Å². The third-order valence-electron chi connectivity index (χ3n) is 3.61. The highest BCUT2D eigenvalue weighted by molar-refractivity contribution is 6.42. The molecule has 108 valence electrons.